The van der Waals surface area contributed by atoms with Crippen LogP contribution < -0.4 is 20.5 Å². The van der Waals surface area contributed by atoms with E-state index in [0.717, 1.165) is 5.39 Å². The molecule has 1 saturated heterocycles. The van der Waals surface area contributed by atoms with Crippen molar-refractivity contribution in [2.24, 2.45) is 11.7 Å². The zero-order chi connectivity index (χ0) is 26.5. The number of carboxylic acid groups (broad SMARTS) is 1. The molecule has 0 aliphatic carbocycles. The number of hydrogen-bond acceptors (Lipinski definition) is 6. The summed E-state index contributed by atoms with van der Waals surface area (Å²) in [6, 6.07) is 7.74. The highest BCUT2D eigenvalue weighted by Crippen LogP contribution is 2.26. The van der Waals surface area contributed by atoms with Crippen LogP contribution in [0, 0.1) is 11.3 Å². The van der Waals surface area contributed by atoms with Crippen molar-refractivity contribution in [3.63, 3.8) is 0 Å². The van der Waals surface area contributed by atoms with Gasteiger partial charge in [0.2, 0.25) is 15.9 Å². The standard InChI is InChI=1S/C24H33N5O6S/c1-15-9-11-29(21(12-15)23(31)32)22(30)20(4-3-10-27-24(25)26)28-36(33,34)19-8-6-16-5-7-18(35-2)13-17(16)14-19/h5-8,13-15,20-21,28H,3-4,9-12H2,1-2H3,(H,31,32)(H4,25,26,27)/t15?,20-,21?/m0/s1. The summed E-state index contributed by atoms with van der Waals surface area (Å²) in [5.74, 6) is -1.21. The molecule has 0 radical (unpaired) electrons. The molecule has 11 nitrogen and oxygen atoms in total. The first-order valence-corrected chi connectivity index (χ1v) is 13.2. The van der Waals surface area contributed by atoms with Gasteiger partial charge >= 0.3 is 5.97 Å². The summed E-state index contributed by atoms with van der Waals surface area (Å²) in [7, 11) is -2.61. The van der Waals surface area contributed by atoms with Gasteiger partial charge in [-0.3, -0.25) is 10.2 Å². The molecule has 0 saturated carbocycles. The fraction of sp³-hybridized carbons (Fsp3) is 0.458. The highest BCUT2D eigenvalue weighted by atomic mass is 32.2. The van der Waals surface area contributed by atoms with E-state index in [9.17, 15) is 23.1 Å². The van der Waals surface area contributed by atoms with Crippen LogP contribution in [-0.2, 0) is 19.6 Å². The van der Waals surface area contributed by atoms with Crippen LogP contribution in [0.5, 0.6) is 5.75 Å². The SMILES string of the molecule is COc1ccc2ccc(S(=O)(=O)N[C@@H](CCCNC(=N)N)C(=O)N3CCC(C)CC3C(=O)O)cc2c1. The number of aliphatic carboxylic acids is 1. The van der Waals surface area contributed by atoms with Crippen molar-refractivity contribution >= 4 is 38.6 Å². The van der Waals surface area contributed by atoms with Crippen LogP contribution in [0.4, 0.5) is 0 Å². The number of methoxy groups -OCH3 is 1. The number of carboxylic acids is 1. The predicted octanol–water partition coefficient (Wildman–Crippen LogP) is 1.47. The number of sulfonamides is 1. The molecule has 1 fully saturated rings. The number of nitrogens with zero attached hydrogens (tertiary/aromatic N) is 1. The lowest BCUT2D eigenvalue weighted by atomic mass is 9.91. The van der Waals surface area contributed by atoms with E-state index in [-0.39, 0.29) is 36.3 Å². The van der Waals surface area contributed by atoms with Crippen molar-refractivity contribution in [1.29, 1.82) is 5.41 Å². The summed E-state index contributed by atoms with van der Waals surface area (Å²) in [6.07, 6.45) is 1.36. The third-order valence-corrected chi connectivity index (χ3v) is 7.81. The highest BCUT2D eigenvalue weighted by molar-refractivity contribution is 7.89. The largest absolute Gasteiger partial charge is 0.497 e. The third-order valence-electron chi connectivity index (χ3n) is 6.34. The van der Waals surface area contributed by atoms with Crippen molar-refractivity contribution < 1.29 is 27.9 Å². The van der Waals surface area contributed by atoms with E-state index in [4.69, 9.17) is 15.9 Å². The van der Waals surface area contributed by atoms with E-state index in [1.807, 2.05) is 13.0 Å². The number of fused-ring (bicyclic) bond motifs is 1. The maximum Gasteiger partial charge on any atom is 0.326 e. The van der Waals surface area contributed by atoms with Gasteiger partial charge in [0.25, 0.3) is 0 Å². The number of ether oxygens (including phenoxy) is 1. The van der Waals surface area contributed by atoms with Crippen LogP contribution >= 0.6 is 0 Å². The van der Waals surface area contributed by atoms with E-state index >= 15 is 0 Å². The molecule has 3 atom stereocenters. The van der Waals surface area contributed by atoms with Crippen molar-refractivity contribution in [2.75, 3.05) is 20.2 Å². The minimum atomic E-state index is -4.13. The maximum atomic E-state index is 13.5. The quantitative estimate of drug-likeness (QED) is 0.178. The fourth-order valence-electron chi connectivity index (χ4n) is 4.35. The highest BCUT2D eigenvalue weighted by Gasteiger charge is 2.38. The molecule has 1 amide bonds. The second kappa shape index (κ2) is 11.6. The number of carbonyl (C=O) groups is 2. The lowest BCUT2D eigenvalue weighted by Gasteiger charge is -2.38. The van der Waals surface area contributed by atoms with Gasteiger partial charge in [-0.15, -0.1) is 0 Å². The number of nitrogens with one attached hydrogen (secondary N) is 3. The van der Waals surface area contributed by atoms with E-state index in [0.29, 0.717) is 30.4 Å². The molecular weight excluding hydrogens is 486 g/mol. The molecule has 12 heteroatoms. The summed E-state index contributed by atoms with van der Waals surface area (Å²) in [4.78, 5) is 26.6. The summed E-state index contributed by atoms with van der Waals surface area (Å²) in [5.41, 5.74) is 5.31. The van der Waals surface area contributed by atoms with E-state index < -0.39 is 34.0 Å². The zero-order valence-electron chi connectivity index (χ0n) is 20.4. The van der Waals surface area contributed by atoms with Crippen LogP contribution in [0.25, 0.3) is 10.8 Å². The van der Waals surface area contributed by atoms with Gasteiger partial charge in [0.1, 0.15) is 17.8 Å². The van der Waals surface area contributed by atoms with Crippen molar-refractivity contribution in [3.05, 3.63) is 36.4 Å². The van der Waals surface area contributed by atoms with E-state index in [1.54, 1.807) is 18.2 Å². The molecule has 3 rings (SSSR count). The summed E-state index contributed by atoms with van der Waals surface area (Å²) in [6.45, 7) is 2.42. The number of piperidine rings is 1. The minimum Gasteiger partial charge on any atom is -0.497 e. The Hall–Kier alpha value is -3.38. The molecule has 1 heterocycles. The van der Waals surface area contributed by atoms with Crippen molar-refractivity contribution in [3.8, 4) is 5.75 Å². The van der Waals surface area contributed by atoms with Gasteiger partial charge in [-0.2, -0.15) is 4.72 Å². The monoisotopic (exact) mass is 519 g/mol. The zero-order valence-corrected chi connectivity index (χ0v) is 21.2. The first-order valence-electron chi connectivity index (χ1n) is 11.7. The molecular formula is C24H33N5O6S. The average molecular weight is 520 g/mol. The van der Waals surface area contributed by atoms with Crippen LogP contribution in [0.15, 0.2) is 41.3 Å². The third kappa shape index (κ3) is 6.64. The van der Waals surface area contributed by atoms with Crippen LogP contribution in [-0.4, -0.2) is 68.5 Å². The first kappa shape index (κ1) is 27.2. The molecule has 1 aliphatic heterocycles. The smallest absolute Gasteiger partial charge is 0.326 e. The Labute approximate surface area is 210 Å². The van der Waals surface area contributed by atoms with Crippen molar-refractivity contribution in [2.45, 2.75) is 49.6 Å². The first-order chi connectivity index (χ1) is 17.0. The minimum absolute atomic E-state index is 0.0232. The number of benzene rings is 2. The number of guanidine groups is 1. The molecule has 196 valence electrons. The molecule has 2 aromatic rings. The van der Waals surface area contributed by atoms with Gasteiger partial charge in [0, 0.05) is 13.1 Å². The number of nitrogens with two attached hydrogens (primary N) is 1. The predicted molar refractivity (Wildman–Crippen MR) is 135 cm³/mol. The van der Waals surface area contributed by atoms with Crippen LogP contribution in [0.3, 0.4) is 0 Å². The van der Waals surface area contributed by atoms with Gasteiger partial charge < -0.3 is 25.8 Å². The number of amides is 1. The molecule has 1 aliphatic rings. The molecule has 36 heavy (non-hydrogen) atoms. The Morgan fingerprint density at radius 1 is 1.25 bits per heavy atom. The van der Waals surface area contributed by atoms with E-state index in [2.05, 4.69) is 10.0 Å². The Balaban J connectivity index is 1.88. The van der Waals surface area contributed by atoms with E-state index in [1.165, 1.54) is 24.1 Å². The van der Waals surface area contributed by atoms with Crippen molar-refractivity contribution in [1.82, 2.24) is 14.9 Å². The molecule has 2 aromatic carbocycles. The Morgan fingerprint density at radius 3 is 2.64 bits per heavy atom. The van der Waals surface area contributed by atoms with Gasteiger partial charge in [-0.05, 0) is 66.6 Å². The second-order valence-electron chi connectivity index (χ2n) is 9.05. The lowest BCUT2D eigenvalue weighted by Crippen LogP contribution is -2.56. The van der Waals surface area contributed by atoms with Gasteiger partial charge in [0.15, 0.2) is 5.96 Å². The number of rotatable bonds is 10. The summed E-state index contributed by atoms with van der Waals surface area (Å²) >= 11 is 0. The molecule has 0 bridgehead atoms. The molecule has 0 spiro atoms. The number of likely N-dealkylation sites (tertiary alicyclic amines) is 1. The van der Waals surface area contributed by atoms with Gasteiger partial charge in [0.05, 0.1) is 12.0 Å². The Morgan fingerprint density at radius 2 is 1.97 bits per heavy atom. The normalized spacial score (nSPS) is 19.0. The van der Waals surface area contributed by atoms with Crippen LogP contribution in [0.2, 0.25) is 0 Å². The average Bonchev–Trinajstić information content (AvgIpc) is 2.84. The van der Waals surface area contributed by atoms with Gasteiger partial charge in [-0.25, -0.2) is 13.2 Å². The molecule has 2 unspecified atom stereocenters. The molecule has 0 aromatic heterocycles. The fourth-order valence-corrected chi connectivity index (χ4v) is 5.61. The Kier molecular flexibility index (Phi) is 8.75. The van der Waals surface area contributed by atoms with Gasteiger partial charge in [-0.1, -0.05) is 19.1 Å². The summed E-state index contributed by atoms with van der Waals surface area (Å²) < 4.78 is 34.4. The number of hydrogen-bond donors (Lipinski definition) is 5. The van der Waals surface area contributed by atoms with Crippen LogP contribution in [0.1, 0.15) is 32.6 Å². The second-order valence-corrected chi connectivity index (χ2v) is 10.8. The lowest BCUT2D eigenvalue weighted by molar-refractivity contribution is -0.153. The summed E-state index contributed by atoms with van der Waals surface area (Å²) in [5, 5.41) is 21.1. The number of carbonyl (C=O) groups excluding carboxylic acids is 1. The Bertz CT molecular complexity index is 1230. The maximum absolute atomic E-state index is 13.5. The topological polar surface area (TPSA) is 175 Å². The molecule has 6 N–H and O–H groups in total.